The largest absolute Gasteiger partial charge is 0.320 e. The van der Waals surface area contributed by atoms with Crippen LogP contribution < -0.4 is 10.6 Å². The predicted octanol–water partition coefficient (Wildman–Crippen LogP) is 2.56. The highest BCUT2D eigenvalue weighted by atomic mass is 35.5. The number of nitrogens with zero attached hydrogens (tertiary/aromatic N) is 1. The van der Waals surface area contributed by atoms with Gasteiger partial charge in [-0.3, -0.25) is 4.79 Å². The van der Waals surface area contributed by atoms with Gasteiger partial charge < -0.3 is 10.6 Å². The van der Waals surface area contributed by atoms with Gasteiger partial charge in [0.2, 0.25) is 5.91 Å². The van der Waals surface area contributed by atoms with Crippen LogP contribution in [0.15, 0.2) is 18.2 Å². The maximum absolute atomic E-state index is 12.1. The molecular weight excluding hydrogens is 260 g/mol. The minimum atomic E-state index is 0.142. The summed E-state index contributed by atoms with van der Waals surface area (Å²) in [4.78, 5) is 13.9. The van der Waals surface area contributed by atoms with Crippen molar-refractivity contribution in [3.63, 3.8) is 0 Å². The van der Waals surface area contributed by atoms with Gasteiger partial charge in [-0.05, 0) is 31.0 Å². The highest BCUT2D eigenvalue weighted by Crippen LogP contribution is 2.29. The van der Waals surface area contributed by atoms with E-state index in [0.29, 0.717) is 18.0 Å². The Bertz CT molecular complexity index is 531. The molecule has 4 heteroatoms. The Morgan fingerprint density at radius 2 is 2.16 bits per heavy atom. The average molecular weight is 277 g/mol. The SMILES string of the molecule is NCC#Cc1ccc(Cl)c(N2CCCCCC2=O)c1. The third-order valence-corrected chi connectivity index (χ3v) is 3.46. The number of halogens is 1. The lowest BCUT2D eigenvalue weighted by Crippen LogP contribution is -2.30. The zero-order valence-corrected chi connectivity index (χ0v) is 11.5. The molecule has 1 aromatic rings. The lowest BCUT2D eigenvalue weighted by Gasteiger charge is -2.22. The van der Waals surface area contributed by atoms with Gasteiger partial charge in [-0.15, -0.1) is 0 Å². The number of benzene rings is 1. The van der Waals surface area contributed by atoms with Crippen molar-refractivity contribution in [3.05, 3.63) is 28.8 Å². The van der Waals surface area contributed by atoms with Crippen molar-refractivity contribution in [2.45, 2.75) is 25.7 Å². The molecule has 0 saturated carbocycles. The molecule has 0 aliphatic carbocycles. The molecule has 1 saturated heterocycles. The number of nitrogens with two attached hydrogens (primary N) is 1. The highest BCUT2D eigenvalue weighted by Gasteiger charge is 2.20. The Morgan fingerprint density at radius 3 is 2.95 bits per heavy atom. The summed E-state index contributed by atoms with van der Waals surface area (Å²) in [6, 6.07) is 5.50. The summed E-state index contributed by atoms with van der Waals surface area (Å²) in [6.45, 7) is 1.05. The molecule has 0 bridgehead atoms. The quantitative estimate of drug-likeness (QED) is 0.802. The standard InChI is InChI=1S/C15H17ClN2O/c16-13-8-7-12(5-4-9-17)11-14(13)18-10-3-1-2-6-15(18)19/h7-8,11H,1-3,6,9-10,17H2. The van der Waals surface area contributed by atoms with Gasteiger partial charge in [-0.2, -0.15) is 0 Å². The van der Waals surface area contributed by atoms with Gasteiger partial charge in [-0.1, -0.05) is 29.9 Å². The second-order valence-electron chi connectivity index (χ2n) is 4.53. The van der Waals surface area contributed by atoms with E-state index in [9.17, 15) is 4.79 Å². The minimum Gasteiger partial charge on any atom is -0.320 e. The van der Waals surface area contributed by atoms with E-state index in [1.165, 1.54) is 0 Å². The van der Waals surface area contributed by atoms with Gasteiger partial charge >= 0.3 is 0 Å². The van der Waals surface area contributed by atoms with Crippen LogP contribution in [-0.4, -0.2) is 19.0 Å². The molecule has 0 unspecified atom stereocenters. The van der Waals surface area contributed by atoms with E-state index in [1.807, 2.05) is 12.1 Å². The molecule has 1 aliphatic rings. The van der Waals surface area contributed by atoms with Crippen LogP contribution >= 0.6 is 11.6 Å². The van der Waals surface area contributed by atoms with Crippen molar-refractivity contribution in [3.8, 4) is 11.8 Å². The summed E-state index contributed by atoms with van der Waals surface area (Å²) in [5, 5.41) is 0.591. The summed E-state index contributed by atoms with van der Waals surface area (Å²) in [5.74, 6) is 5.92. The second kappa shape index (κ2) is 6.60. The van der Waals surface area contributed by atoms with Gasteiger partial charge in [-0.25, -0.2) is 0 Å². The van der Waals surface area contributed by atoms with Crippen LogP contribution in [0.2, 0.25) is 5.02 Å². The Kier molecular flexibility index (Phi) is 4.84. The van der Waals surface area contributed by atoms with E-state index < -0.39 is 0 Å². The van der Waals surface area contributed by atoms with E-state index in [4.69, 9.17) is 17.3 Å². The first-order chi connectivity index (χ1) is 9.22. The first-order valence-electron chi connectivity index (χ1n) is 6.51. The van der Waals surface area contributed by atoms with E-state index in [0.717, 1.165) is 37.1 Å². The Hall–Kier alpha value is -1.50. The monoisotopic (exact) mass is 276 g/mol. The molecule has 1 fully saturated rings. The molecule has 3 nitrogen and oxygen atoms in total. The predicted molar refractivity (Wildman–Crippen MR) is 78.2 cm³/mol. The fourth-order valence-electron chi connectivity index (χ4n) is 2.19. The molecule has 1 heterocycles. The summed E-state index contributed by atoms with van der Waals surface area (Å²) in [7, 11) is 0. The molecule has 0 spiro atoms. The van der Waals surface area contributed by atoms with Crippen LogP contribution in [0.4, 0.5) is 5.69 Å². The zero-order chi connectivity index (χ0) is 13.7. The van der Waals surface area contributed by atoms with Crippen molar-refractivity contribution in [2.75, 3.05) is 18.0 Å². The molecule has 0 aromatic heterocycles. The second-order valence-corrected chi connectivity index (χ2v) is 4.94. The summed E-state index contributed by atoms with van der Waals surface area (Å²) in [5.41, 5.74) is 6.96. The number of carbonyl (C=O) groups excluding carboxylic acids is 1. The topological polar surface area (TPSA) is 46.3 Å². The van der Waals surface area contributed by atoms with Gasteiger partial charge in [0.05, 0.1) is 17.3 Å². The van der Waals surface area contributed by atoms with Crippen molar-refractivity contribution < 1.29 is 4.79 Å². The minimum absolute atomic E-state index is 0.142. The molecule has 2 N–H and O–H groups in total. The molecule has 100 valence electrons. The summed E-state index contributed by atoms with van der Waals surface area (Å²) in [6.07, 6.45) is 3.65. The van der Waals surface area contributed by atoms with Gasteiger partial charge in [0, 0.05) is 18.5 Å². The fraction of sp³-hybridized carbons (Fsp3) is 0.400. The maximum atomic E-state index is 12.1. The van der Waals surface area contributed by atoms with Crippen molar-refractivity contribution in [2.24, 2.45) is 5.73 Å². The Morgan fingerprint density at radius 1 is 1.32 bits per heavy atom. The van der Waals surface area contributed by atoms with Crippen molar-refractivity contribution in [1.82, 2.24) is 0 Å². The normalized spacial score (nSPS) is 15.7. The Balaban J connectivity index is 2.33. The molecule has 0 atom stereocenters. The maximum Gasteiger partial charge on any atom is 0.227 e. The van der Waals surface area contributed by atoms with E-state index in [-0.39, 0.29) is 5.91 Å². The van der Waals surface area contributed by atoms with Gasteiger partial charge in [0.1, 0.15) is 0 Å². The summed E-state index contributed by atoms with van der Waals surface area (Å²) >= 11 is 6.22. The summed E-state index contributed by atoms with van der Waals surface area (Å²) < 4.78 is 0. The lowest BCUT2D eigenvalue weighted by molar-refractivity contribution is -0.118. The van der Waals surface area contributed by atoms with Crippen LogP contribution in [0, 0.1) is 11.8 Å². The van der Waals surface area contributed by atoms with Crippen LogP contribution in [0.25, 0.3) is 0 Å². The zero-order valence-electron chi connectivity index (χ0n) is 10.8. The number of rotatable bonds is 1. The van der Waals surface area contributed by atoms with Gasteiger partial charge in [0.25, 0.3) is 0 Å². The molecule has 0 radical (unpaired) electrons. The number of hydrogen-bond acceptors (Lipinski definition) is 2. The van der Waals surface area contributed by atoms with E-state index >= 15 is 0 Å². The van der Waals surface area contributed by atoms with Gasteiger partial charge in [0.15, 0.2) is 0 Å². The number of amides is 1. The molecule has 1 aromatic carbocycles. The van der Waals surface area contributed by atoms with E-state index in [1.54, 1.807) is 11.0 Å². The first-order valence-corrected chi connectivity index (χ1v) is 6.89. The van der Waals surface area contributed by atoms with Crippen molar-refractivity contribution >= 4 is 23.2 Å². The number of anilines is 1. The van der Waals surface area contributed by atoms with E-state index in [2.05, 4.69) is 11.8 Å². The fourth-order valence-corrected chi connectivity index (χ4v) is 2.41. The third kappa shape index (κ3) is 3.50. The molecule has 2 rings (SSSR count). The smallest absolute Gasteiger partial charge is 0.227 e. The average Bonchev–Trinajstić information content (AvgIpc) is 2.63. The van der Waals surface area contributed by atoms with Crippen LogP contribution in [0.3, 0.4) is 0 Å². The van der Waals surface area contributed by atoms with Crippen molar-refractivity contribution in [1.29, 1.82) is 0 Å². The third-order valence-electron chi connectivity index (χ3n) is 3.15. The van der Waals surface area contributed by atoms with Crippen LogP contribution in [0.1, 0.15) is 31.2 Å². The molecule has 19 heavy (non-hydrogen) atoms. The highest BCUT2D eigenvalue weighted by molar-refractivity contribution is 6.33. The number of carbonyl (C=O) groups is 1. The molecule has 1 amide bonds. The first kappa shape index (κ1) is 13.9. The Labute approximate surface area is 118 Å². The number of hydrogen-bond donors (Lipinski definition) is 1. The lowest BCUT2D eigenvalue weighted by atomic mass is 10.1. The van der Waals surface area contributed by atoms with Crippen LogP contribution in [0.5, 0.6) is 0 Å². The molecular formula is C15H17ClN2O. The molecule has 1 aliphatic heterocycles. The van der Waals surface area contributed by atoms with Crippen LogP contribution in [-0.2, 0) is 4.79 Å².